The summed E-state index contributed by atoms with van der Waals surface area (Å²) in [6.45, 7) is 3.83. The van der Waals surface area contributed by atoms with E-state index in [0.29, 0.717) is 0 Å². The summed E-state index contributed by atoms with van der Waals surface area (Å²) in [7, 11) is 0. The first kappa shape index (κ1) is 13.2. The van der Waals surface area contributed by atoms with Gasteiger partial charge in [-0.05, 0) is 25.0 Å². The van der Waals surface area contributed by atoms with Crippen LogP contribution in [0.2, 0.25) is 0 Å². The number of nitrogens with zero attached hydrogens (tertiary/aromatic N) is 3. The van der Waals surface area contributed by atoms with E-state index >= 15 is 0 Å². The van der Waals surface area contributed by atoms with Gasteiger partial charge in [0.25, 0.3) is 5.91 Å². The first-order valence-electron chi connectivity index (χ1n) is 6.78. The third-order valence-corrected chi connectivity index (χ3v) is 5.11. The Morgan fingerprint density at radius 1 is 1.25 bits per heavy atom. The Bertz CT molecular complexity index is 574. The van der Waals surface area contributed by atoms with E-state index in [2.05, 4.69) is 16.9 Å². The Morgan fingerprint density at radius 2 is 1.95 bits per heavy atom. The van der Waals surface area contributed by atoms with E-state index in [1.807, 2.05) is 16.5 Å². The standard InChI is InChI=1S/C15H17N3OS/c1-15(14-17-8-11-20-14)4-9-18(10-5-15)13(19)12-2-6-16-7-3-12/h2-3,6-8,11H,4-5,9-10H2,1H3. The van der Waals surface area contributed by atoms with Crippen molar-refractivity contribution in [1.29, 1.82) is 0 Å². The van der Waals surface area contributed by atoms with Gasteiger partial charge in [-0.2, -0.15) is 0 Å². The molecule has 1 aliphatic rings. The Kier molecular flexibility index (Phi) is 3.53. The number of pyridine rings is 1. The van der Waals surface area contributed by atoms with Crippen LogP contribution in [0.3, 0.4) is 0 Å². The van der Waals surface area contributed by atoms with Crippen molar-refractivity contribution >= 4 is 17.2 Å². The smallest absolute Gasteiger partial charge is 0.253 e. The number of carbonyl (C=O) groups is 1. The summed E-state index contributed by atoms with van der Waals surface area (Å²) in [5.41, 5.74) is 0.835. The minimum Gasteiger partial charge on any atom is -0.339 e. The highest BCUT2D eigenvalue weighted by Gasteiger charge is 2.35. The van der Waals surface area contributed by atoms with Crippen LogP contribution < -0.4 is 0 Å². The van der Waals surface area contributed by atoms with Gasteiger partial charge in [-0.1, -0.05) is 6.92 Å². The number of hydrogen-bond acceptors (Lipinski definition) is 4. The summed E-state index contributed by atoms with van der Waals surface area (Å²) in [5.74, 6) is 0.105. The van der Waals surface area contributed by atoms with E-state index in [4.69, 9.17) is 0 Å². The van der Waals surface area contributed by atoms with Crippen molar-refractivity contribution in [2.45, 2.75) is 25.2 Å². The molecule has 0 saturated carbocycles. The third kappa shape index (κ3) is 2.45. The molecule has 0 aromatic carbocycles. The fourth-order valence-corrected chi connectivity index (χ4v) is 3.48. The molecular weight excluding hydrogens is 270 g/mol. The minimum absolute atomic E-state index is 0.105. The van der Waals surface area contributed by atoms with E-state index < -0.39 is 0 Å². The van der Waals surface area contributed by atoms with Crippen LogP contribution in [-0.4, -0.2) is 33.9 Å². The molecule has 3 rings (SSSR count). The molecule has 5 heteroatoms. The zero-order valence-electron chi connectivity index (χ0n) is 11.5. The third-order valence-electron chi connectivity index (χ3n) is 4.03. The predicted octanol–water partition coefficient (Wildman–Crippen LogP) is 2.73. The van der Waals surface area contributed by atoms with E-state index in [1.54, 1.807) is 35.9 Å². The van der Waals surface area contributed by atoms with Crippen LogP contribution in [0.4, 0.5) is 0 Å². The maximum atomic E-state index is 12.4. The molecule has 0 spiro atoms. The molecule has 3 heterocycles. The van der Waals surface area contributed by atoms with Crippen molar-refractivity contribution in [3.05, 3.63) is 46.7 Å². The Hall–Kier alpha value is -1.75. The molecule has 0 aliphatic carbocycles. The second kappa shape index (κ2) is 5.32. The zero-order valence-corrected chi connectivity index (χ0v) is 12.3. The molecular formula is C15H17N3OS. The second-order valence-corrected chi connectivity index (χ2v) is 6.32. The van der Waals surface area contributed by atoms with Crippen molar-refractivity contribution in [3.63, 3.8) is 0 Å². The average Bonchev–Trinajstić information content (AvgIpc) is 3.03. The number of aromatic nitrogens is 2. The van der Waals surface area contributed by atoms with Crippen LogP contribution in [-0.2, 0) is 5.41 Å². The van der Waals surface area contributed by atoms with Gasteiger partial charge in [-0.25, -0.2) is 4.98 Å². The van der Waals surface area contributed by atoms with Crippen molar-refractivity contribution in [1.82, 2.24) is 14.9 Å². The van der Waals surface area contributed by atoms with E-state index in [-0.39, 0.29) is 11.3 Å². The monoisotopic (exact) mass is 287 g/mol. The van der Waals surface area contributed by atoms with Gasteiger partial charge < -0.3 is 4.90 Å². The zero-order chi connectivity index (χ0) is 14.0. The highest BCUT2D eigenvalue weighted by molar-refractivity contribution is 7.09. The molecule has 2 aromatic heterocycles. The molecule has 104 valence electrons. The lowest BCUT2D eigenvalue weighted by Gasteiger charge is -2.38. The van der Waals surface area contributed by atoms with Gasteiger partial charge in [-0.3, -0.25) is 9.78 Å². The van der Waals surface area contributed by atoms with E-state index in [0.717, 1.165) is 31.5 Å². The van der Waals surface area contributed by atoms with Crippen LogP contribution >= 0.6 is 11.3 Å². The fourth-order valence-electron chi connectivity index (χ4n) is 2.62. The molecule has 1 saturated heterocycles. The fraction of sp³-hybridized carbons (Fsp3) is 0.400. The highest BCUT2D eigenvalue weighted by atomic mass is 32.1. The first-order valence-corrected chi connectivity index (χ1v) is 7.66. The van der Waals surface area contributed by atoms with Gasteiger partial charge >= 0.3 is 0 Å². The van der Waals surface area contributed by atoms with Crippen LogP contribution in [0, 0.1) is 0 Å². The van der Waals surface area contributed by atoms with Gasteiger partial charge in [0.1, 0.15) is 0 Å². The SMILES string of the molecule is CC1(c2nccs2)CCN(C(=O)c2ccncc2)CC1. The number of amides is 1. The summed E-state index contributed by atoms with van der Waals surface area (Å²) in [6.07, 6.45) is 7.13. The summed E-state index contributed by atoms with van der Waals surface area (Å²) in [5, 5.41) is 3.21. The van der Waals surface area contributed by atoms with Crippen molar-refractivity contribution in [3.8, 4) is 0 Å². The largest absolute Gasteiger partial charge is 0.339 e. The van der Waals surface area contributed by atoms with Crippen LogP contribution in [0.15, 0.2) is 36.1 Å². The van der Waals surface area contributed by atoms with Crippen LogP contribution in [0.1, 0.15) is 35.1 Å². The molecule has 0 N–H and O–H groups in total. The molecule has 1 aliphatic heterocycles. The van der Waals surface area contributed by atoms with Crippen molar-refractivity contribution in [2.24, 2.45) is 0 Å². The number of rotatable bonds is 2. The van der Waals surface area contributed by atoms with Crippen molar-refractivity contribution < 1.29 is 4.79 Å². The molecule has 2 aromatic rings. The number of carbonyl (C=O) groups excluding carboxylic acids is 1. The maximum Gasteiger partial charge on any atom is 0.253 e. The first-order chi connectivity index (χ1) is 9.69. The molecule has 0 radical (unpaired) electrons. The van der Waals surface area contributed by atoms with E-state index in [9.17, 15) is 4.79 Å². The molecule has 1 fully saturated rings. The molecule has 1 amide bonds. The Balaban J connectivity index is 1.69. The second-order valence-electron chi connectivity index (χ2n) is 5.43. The van der Waals surface area contributed by atoms with Gasteiger partial charge in [0.05, 0.1) is 5.01 Å². The molecule has 0 atom stereocenters. The average molecular weight is 287 g/mol. The predicted molar refractivity (Wildman–Crippen MR) is 78.8 cm³/mol. The summed E-state index contributed by atoms with van der Waals surface area (Å²) >= 11 is 1.71. The van der Waals surface area contributed by atoms with Gasteiger partial charge in [0.2, 0.25) is 0 Å². The van der Waals surface area contributed by atoms with Crippen LogP contribution in [0.5, 0.6) is 0 Å². The highest BCUT2D eigenvalue weighted by Crippen LogP contribution is 2.36. The number of thiazole rings is 1. The quantitative estimate of drug-likeness (QED) is 0.853. The summed E-state index contributed by atoms with van der Waals surface area (Å²) in [4.78, 5) is 22.7. The lowest BCUT2D eigenvalue weighted by molar-refractivity contribution is 0.0676. The van der Waals surface area contributed by atoms with Gasteiger partial charge in [-0.15, -0.1) is 11.3 Å². The normalized spacial score (nSPS) is 17.9. The summed E-state index contributed by atoms with van der Waals surface area (Å²) < 4.78 is 0. The topological polar surface area (TPSA) is 46.1 Å². The van der Waals surface area contributed by atoms with Crippen LogP contribution in [0.25, 0.3) is 0 Å². The molecule has 0 bridgehead atoms. The van der Waals surface area contributed by atoms with Crippen molar-refractivity contribution in [2.75, 3.05) is 13.1 Å². The molecule has 4 nitrogen and oxygen atoms in total. The lowest BCUT2D eigenvalue weighted by atomic mass is 9.81. The Labute approximate surface area is 122 Å². The van der Waals surface area contributed by atoms with E-state index in [1.165, 1.54) is 5.01 Å². The molecule has 20 heavy (non-hydrogen) atoms. The lowest BCUT2D eigenvalue weighted by Crippen LogP contribution is -2.43. The van der Waals surface area contributed by atoms with Gasteiger partial charge in [0.15, 0.2) is 0 Å². The number of piperidine rings is 1. The number of hydrogen-bond donors (Lipinski definition) is 0. The maximum absolute atomic E-state index is 12.4. The van der Waals surface area contributed by atoms with Gasteiger partial charge in [0, 0.05) is 48.0 Å². The summed E-state index contributed by atoms with van der Waals surface area (Å²) in [6, 6.07) is 3.55. The Morgan fingerprint density at radius 3 is 2.55 bits per heavy atom. The minimum atomic E-state index is 0.105. The molecule has 0 unspecified atom stereocenters. The number of likely N-dealkylation sites (tertiary alicyclic amines) is 1.